The highest BCUT2D eigenvalue weighted by Gasteiger charge is 2.36. The first-order chi connectivity index (χ1) is 7.53. The minimum atomic E-state index is -0.139. The van der Waals surface area contributed by atoms with Crippen molar-refractivity contribution in [1.82, 2.24) is 5.32 Å². The Kier molecular flexibility index (Phi) is 5.10. The van der Waals surface area contributed by atoms with Gasteiger partial charge in [0.1, 0.15) is 0 Å². The first kappa shape index (κ1) is 13.8. The summed E-state index contributed by atoms with van der Waals surface area (Å²) in [5.74, 6) is 1.47. The number of amides is 1. The number of hydrogen-bond acceptors (Lipinski definition) is 1. The van der Waals surface area contributed by atoms with Gasteiger partial charge in [-0.25, -0.2) is 0 Å². The van der Waals surface area contributed by atoms with Crippen molar-refractivity contribution in [2.45, 2.75) is 58.4 Å². The molecule has 94 valence electrons. The molecule has 2 nitrogen and oxygen atoms in total. The second kappa shape index (κ2) is 5.90. The lowest BCUT2D eigenvalue weighted by Crippen LogP contribution is -2.54. The molecule has 0 aromatic heterocycles. The lowest BCUT2D eigenvalue weighted by Gasteiger charge is -2.40. The molecule has 0 bridgehead atoms. The zero-order chi connectivity index (χ0) is 12.2. The Bertz CT molecular complexity index is 244. The van der Waals surface area contributed by atoms with Crippen LogP contribution in [0.15, 0.2) is 0 Å². The van der Waals surface area contributed by atoms with Gasteiger partial charge in [-0.05, 0) is 25.2 Å². The van der Waals surface area contributed by atoms with Crippen molar-refractivity contribution in [2.24, 2.45) is 11.8 Å². The van der Waals surface area contributed by atoms with Crippen LogP contribution in [0.3, 0.4) is 0 Å². The lowest BCUT2D eigenvalue weighted by molar-refractivity contribution is -0.126. The average molecular weight is 246 g/mol. The van der Waals surface area contributed by atoms with Gasteiger partial charge < -0.3 is 5.32 Å². The third kappa shape index (κ3) is 3.38. The minimum absolute atomic E-state index is 0.0947. The van der Waals surface area contributed by atoms with Gasteiger partial charge in [0.2, 0.25) is 5.91 Å². The molecule has 16 heavy (non-hydrogen) atoms. The molecule has 1 aliphatic rings. The number of alkyl halides is 1. The Morgan fingerprint density at radius 3 is 2.81 bits per heavy atom. The molecule has 1 fully saturated rings. The number of rotatable bonds is 4. The van der Waals surface area contributed by atoms with Crippen LogP contribution in [0.2, 0.25) is 0 Å². The standard InChI is InChI=1S/C13H24ClNO/c1-4-11(3)12(16)15-13(9-14)7-5-6-10(2)8-13/h10-11H,4-9H2,1-3H3,(H,15,16). The molecule has 1 saturated carbocycles. The first-order valence-corrected chi connectivity index (χ1v) is 6.94. The molecule has 3 atom stereocenters. The second-order valence-electron chi connectivity index (χ2n) is 5.41. The van der Waals surface area contributed by atoms with Crippen LogP contribution in [0.1, 0.15) is 52.9 Å². The van der Waals surface area contributed by atoms with Crippen molar-refractivity contribution in [1.29, 1.82) is 0 Å². The van der Waals surface area contributed by atoms with Crippen molar-refractivity contribution in [3.63, 3.8) is 0 Å². The van der Waals surface area contributed by atoms with Gasteiger partial charge in [0.25, 0.3) is 0 Å². The van der Waals surface area contributed by atoms with Gasteiger partial charge in [0, 0.05) is 11.8 Å². The molecule has 0 radical (unpaired) electrons. The van der Waals surface area contributed by atoms with E-state index >= 15 is 0 Å². The van der Waals surface area contributed by atoms with E-state index in [4.69, 9.17) is 11.6 Å². The van der Waals surface area contributed by atoms with Crippen LogP contribution in [0, 0.1) is 11.8 Å². The SMILES string of the molecule is CCC(C)C(=O)NC1(CCl)CCCC(C)C1. The van der Waals surface area contributed by atoms with Crippen molar-refractivity contribution in [2.75, 3.05) is 5.88 Å². The molecule has 1 amide bonds. The average Bonchev–Trinajstić information content (AvgIpc) is 2.27. The maximum Gasteiger partial charge on any atom is 0.223 e. The van der Waals surface area contributed by atoms with Crippen LogP contribution in [0.5, 0.6) is 0 Å². The summed E-state index contributed by atoms with van der Waals surface area (Å²) < 4.78 is 0. The van der Waals surface area contributed by atoms with Gasteiger partial charge >= 0.3 is 0 Å². The van der Waals surface area contributed by atoms with Crippen LogP contribution < -0.4 is 5.32 Å². The fraction of sp³-hybridized carbons (Fsp3) is 0.923. The number of hydrogen-bond donors (Lipinski definition) is 1. The molecule has 0 aromatic carbocycles. The Balaban J connectivity index is 2.62. The summed E-state index contributed by atoms with van der Waals surface area (Å²) in [7, 11) is 0. The van der Waals surface area contributed by atoms with Gasteiger partial charge in [0.05, 0.1) is 5.54 Å². The van der Waals surface area contributed by atoms with E-state index in [2.05, 4.69) is 12.2 Å². The monoisotopic (exact) mass is 245 g/mol. The number of carbonyl (C=O) groups is 1. The second-order valence-corrected chi connectivity index (χ2v) is 5.68. The van der Waals surface area contributed by atoms with E-state index in [0.29, 0.717) is 11.8 Å². The van der Waals surface area contributed by atoms with Crippen LogP contribution >= 0.6 is 11.6 Å². The number of nitrogens with one attached hydrogen (secondary N) is 1. The Hall–Kier alpha value is -0.240. The highest BCUT2D eigenvalue weighted by atomic mass is 35.5. The first-order valence-electron chi connectivity index (χ1n) is 6.41. The third-order valence-electron chi connectivity index (χ3n) is 3.80. The van der Waals surface area contributed by atoms with Gasteiger partial charge in [-0.2, -0.15) is 0 Å². The quantitative estimate of drug-likeness (QED) is 0.757. The summed E-state index contributed by atoms with van der Waals surface area (Å²) in [4.78, 5) is 11.9. The van der Waals surface area contributed by atoms with E-state index in [-0.39, 0.29) is 17.4 Å². The van der Waals surface area contributed by atoms with E-state index in [1.807, 2.05) is 13.8 Å². The smallest absolute Gasteiger partial charge is 0.223 e. The highest BCUT2D eigenvalue weighted by Crippen LogP contribution is 2.33. The van der Waals surface area contributed by atoms with Gasteiger partial charge in [-0.15, -0.1) is 11.6 Å². The molecule has 1 aliphatic carbocycles. The van der Waals surface area contributed by atoms with Crippen molar-refractivity contribution < 1.29 is 4.79 Å². The Morgan fingerprint density at radius 1 is 1.62 bits per heavy atom. The predicted octanol–water partition coefficient (Wildman–Crippen LogP) is 3.34. The molecule has 3 heteroatoms. The zero-order valence-corrected chi connectivity index (χ0v) is 11.4. The molecule has 0 spiro atoms. The van der Waals surface area contributed by atoms with Gasteiger partial charge in [-0.3, -0.25) is 4.79 Å². The summed E-state index contributed by atoms with van der Waals surface area (Å²) in [6, 6.07) is 0. The lowest BCUT2D eigenvalue weighted by atomic mass is 9.77. The summed E-state index contributed by atoms with van der Waals surface area (Å²) in [5, 5.41) is 3.19. The summed E-state index contributed by atoms with van der Waals surface area (Å²) in [6.45, 7) is 6.26. The molecule has 3 unspecified atom stereocenters. The normalized spacial score (nSPS) is 32.1. The summed E-state index contributed by atoms with van der Waals surface area (Å²) in [5.41, 5.74) is -0.139. The maximum absolute atomic E-state index is 11.9. The Morgan fingerprint density at radius 2 is 2.31 bits per heavy atom. The summed E-state index contributed by atoms with van der Waals surface area (Å²) in [6.07, 6.45) is 5.38. The van der Waals surface area contributed by atoms with Gasteiger partial charge in [0.15, 0.2) is 0 Å². The topological polar surface area (TPSA) is 29.1 Å². The molecule has 1 N–H and O–H groups in total. The molecule has 0 aromatic rings. The fourth-order valence-corrected chi connectivity index (χ4v) is 2.81. The fourth-order valence-electron chi connectivity index (χ4n) is 2.50. The highest BCUT2D eigenvalue weighted by molar-refractivity contribution is 6.18. The Labute approximate surface area is 104 Å². The third-order valence-corrected chi connectivity index (χ3v) is 4.31. The zero-order valence-electron chi connectivity index (χ0n) is 10.7. The van der Waals surface area contributed by atoms with Crippen molar-refractivity contribution in [3.05, 3.63) is 0 Å². The minimum Gasteiger partial charge on any atom is -0.349 e. The van der Waals surface area contributed by atoms with E-state index in [1.54, 1.807) is 0 Å². The molecular formula is C13H24ClNO. The molecular weight excluding hydrogens is 222 g/mol. The number of halogens is 1. The van der Waals surface area contributed by atoms with Crippen molar-refractivity contribution in [3.8, 4) is 0 Å². The predicted molar refractivity (Wildman–Crippen MR) is 68.7 cm³/mol. The van der Waals surface area contributed by atoms with Crippen LogP contribution in [-0.2, 0) is 4.79 Å². The molecule has 0 aliphatic heterocycles. The van der Waals surface area contributed by atoms with E-state index in [0.717, 1.165) is 19.3 Å². The van der Waals surface area contributed by atoms with E-state index < -0.39 is 0 Å². The van der Waals surface area contributed by atoms with Crippen molar-refractivity contribution >= 4 is 17.5 Å². The van der Waals surface area contributed by atoms with Crippen LogP contribution in [0.25, 0.3) is 0 Å². The largest absolute Gasteiger partial charge is 0.349 e. The van der Waals surface area contributed by atoms with Gasteiger partial charge in [-0.1, -0.05) is 33.6 Å². The molecule has 0 saturated heterocycles. The number of carbonyl (C=O) groups excluding carboxylic acids is 1. The van der Waals surface area contributed by atoms with E-state index in [1.165, 1.54) is 12.8 Å². The van der Waals surface area contributed by atoms with Crippen LogP contribution in [-0.4, -0.2) is 17.3 Å². The summed E-state index contributed by atoms with van der Waals surface area (Å²) >= 11 is 6.08. The molecule has 0 heterocycles. The van der Waals surface area contributed by atoms with Crippen LogP contribution in [0.4, 0.5) is 0 Å². The molecule has 1 rings (SSSR count). The maximum atomic E-state index is 11.9. The van der Waals surface area contributed by atoms with E-state index in [9.17, 15) is 4.79 Å².